The van der Waals surface area contributed by atoms with Crippen molar-refractivity contribution in [3.8, 4) is 0 Å². The molecule has 2 amide bonds. The first-order chi connectivity index (χ1) is 10.2. The number of amides is 2. The number of rotatable bonds is 3. The average molecular weight is 290 g/mol. The first-order valence-corrected chi connectivity index (χ1v) is 7.71. The van der Waals surface area contributed by atoms with Crippen molar-refractivity contribution in [2.45, 2.75) is 51.2 Å². The molecule has 0 unspecified atom stereocenters. The lowest BCUT2D eigenvalue weighted by Crippen LogP contribution is -2.44. The molecule has 0 radical (unpaired) electrons. The van der Waals surface area contributed by atoms with Gasteiger partial charge in [0.1, 0.15) is 5.82 Å². The van der Waals surface area contributed by atoms with E-state index in [0.717, 1.165) is 25.9 Å². The SMILES string of the molecule is Cc1ncc(NC(=O)N2CCC(OC3CCC3)CC2)cn1. The molecule has 6 nitrogen and oxygen atoms in total. The molecule has 1 aliphatic carbocycles. The van der Waals surface area contributed by atoms with Crippen LogP contribution in [0.15, 0.2) is 12.4 Å². The van der Waals surface area contributed by atoms with Crippen molar-refractivity contribution in [2.75, 3.05) is 18.4 Å². The molecule has 2 aliphatic rings. The van der Waals surface area contributed by atoms with Gasteiger partial charge >= 0.3 is 6.03 Å². The van der Waals surface area contributed by atoms with E-state index in [2.05, 4.69) is 15.3 Å². The molecule has 0 aromatic carbocycles. The second-order valence-electron chi connectivity index (χ2n) is 5.82. The molecular weight excluding hydrogens is 268 g/mol. The maximum Gasteiger partial charge on any atom is 0.321 e. The maximum absolute atomic E-state index is 12.2. The summed E-state index contributed by atoms with van der Waals surface area (Å²) in [5.41, 5.74) is 0.637. The second kappa shape index (κ2) is 6.39. The number of hydrogen-bond donors (Lipinski definition) is 1. The number of hydrogen-bond acceptors (Lipinski definition) is 4. The van der Waals surface area contributed by atoms with Gasteiger partial charge in [-0.1, -0.05) is 0 Å². The van der Waals surface area contributed by atoms with E-state index in [1.807, 2.05) is 11.8 Å². The molecule has 3 rings (SSSR count). The third kappa shape index (κ3) is 3.69. The molecule has 1 aromatic heterocycles. The topological polar surface area (TPSA) is 67.4 Å². The summed E-state index contributed by atoms with van der Waals surface area (Å²) < 4.78 is 6.01. The van der Waals surface area contributed by atoms with E-state index < -0.39 is 0 Å². The fourth-order valence-corrected chi connectivity index (χ4v) is 2.63. The van der Waals surface area contributed by atoms with Gasteiger partial charge in [-0.2, -0.15) is 0 Å². The molecule has 1 saturated heterocycles. The molecule has 0 bridgehead atoms. The minimum Gasteiger partial charge on any atom is -0.375 e. The Morgan fingerprint density at radius 1 is 1.19 bits per heavy atom. The van der Waals surface area contributed by atoms with Crippen LogP contribution in [0.2, 0.25) is 0 Å². The highest BCUT2D eigenvalue weighted by molar-refractivity contribution is 5.88. The van der Waals surface area contributed by atoms with E-state index in [0.29, 0.717) is 23.7 Å². The summed E-state index contributed by atoms with van der Waals surface area (Å²) in [5.74, 6) is 0.696. The Morgan fingerprint density at radius 2 is 1.81 bits per heavy atom. The van der Waals surface area contributed by atoms with E-state index in [1.54, 1.807) is 12.4 Å². The number of likely N-dealkylation sites (tertiary alicyclic amines) is 1. The van der Waals surface area contributed by atoms with Crippen molar-refractivity contribution in [2.24, 2.45) is 0 Å². The molecule has 0 atom stereocenters. The predicted molar refractivity (Wildman–Crippen MR) is 79.1 cm³/mol. The summed E-state index contributed by atoms with van der Waals surface area (Å²) >= 11 is 0. The summed E-state index contributed by atoms with van der Waals surface area (Å²) in [6.45, 7) is 3.31. The van der Waals surface area contributed by atoms with Gasteiger partial charge in [0, 0.05) is 13.1 Å². The van der Waals surface area contributed by atoms with Crippen LogP contribution in [-0.2, 0) is 4.74 Å². The Hall–Kier alpha value is -1.69. The van der Waals surface area contributed by atoms with Gasteiger partial charge in [0.05, 0.1) is 30.3 Å². The van der Waals surface area contributed by atoms with Crippen LogP contribution in [0.1, 0.15) is 37.9 Å². The molecule has 6 heteroatoms. The fraction of sp³-hybridized carbons (Fsp3) is 0.667. The smallest absolute Gasteiger partial charge is 0.321 e. The number of aryl methyl sites for hydroxylation is 1. The summed E-state index contributed by atoms with van der Waals surface area (Å²) in [5, 5.41) is 2.84. The van der Waals surface area contributed by atoms with Gasteiger partial charge in [0.2, 0.25) is 0 Å². The highest BCUT2D eigenvalue weighted by Crippen LogP contribution is 2.26. The van der Waals surface area contributed by atoms with Gasteiger partial charge in [0.25, 0.3) is 0 Å². The van der Waals surface area contributed by atoms with Crippen LogP contribution in [0.3, 0.4) is 0 Å². The lowest BCUT2D eigenvalue weighted by molar-refractivity contribution is -0.0694. The summed E-state index contributed by atoms with van der Waals surface area (Å²) in [4.78, 5) is 22.1. The Bertz CT molecular complexity index is 479. The number of nitrogens with zero attached hydrogens (tertiary/aromatic N) is 3. The van der Waals surface area contributed by atoms with Crippen molar-refractivity contribution in [1.82, 2.24) is 14.9 Å². The zero-order valence-corrected chi connectivity index (χ0v) is 12.4. The van der Waals surface area contributed by atoms with Crippen LogP contribution < -0.4 is 5.32 Å². The van der Waals surface area contributed by atoms with Crippen molar-refractivity contribution in [1.29, 1.82) is 0 Å². The molecule has 21 heavy (non-hydrogen) atoms. The van der Waals surface area contributed by atoms with Crippen LogP contribution in [0, 0.1) is 6.92 Å². The van der Waals surface area contributed by atoms with Crippen LogP contribution in [0.5, 0.6) is 0 Å². The van der Waals surface area contributed by atoms with Crippen molar-refractivity contribution in [3.05, 3.63) is 18.2 Å². The molecule has 114 valence electrons. The summed E-state index contributed by atoms with van der Waals surface area (Å²) in [7, 11) is 0. The van der Waals surface area contributed by atoms with Crippen molar-refractivity contribution < 1.29 is 9.53 Å². The molecule has 1 aromatic rings. The molecule has 2 fully saturated rings. The Morgan fingerprint density at radius 3 is 2.38 bits per heavy atom. The van der Waals surface area contributed by atoms with Gasteiger partial charge in [-0.05, 0) is 39.0 Å². The summed E-state index contributed by atoms with van der Waals surface area (Å²) in [6.07, 6.45) is 9.61. The van der Waals surface area contributed by atoms with E-state index in [-0.39, 0.29) is 6.03 Å². The van der Waals surface area contributed by atoms with Crippen molar-refractivity contribution in [3.63, 3.8) is 0 Å². The molecule has 1 aliphatic heterocycles. The number of aromatic nitrogens is 2. The predicted octanol–water partition coefficient (Wildman–Crippen LogP) is 2.35. The van der Waals surface area contributed by atoms with E-state index in [4.69, 9.17) is 4.74 Å². The summed E-state index contributed by atoms with van der Waals surface area (Å²) in [6, 6.07) is -0.0791. The monoisotopic (exact) mass is 290 g/mol. The van der Waals surface area contributed by atoms with Crippen LogP contribution in [0.4, 0.5) is 10.5 Å². The number of nitrogens with one attached hydrogen (secondary N) is 1. The maximum atomic E-state index is 12.2. The van der Waals surface area contributed by atoms with Crippen molar-refractivity contribution >= 4 is 11.7 Å². The average Bonchev–Trinajstić information content (AvgIpc) is 2.46. The van der Waals surface area contributed by atoms with Crippen LogP contribution in [-0.4, -0.2) is 46.2 Å². The number of anilines is 1. The Labute approximate surface area is 124 Å². The van der Waals surface area contributed by atoms with Crippen LogP contribution in [0.25, 0.3) is 0 Å². The van der Waals surface area contributed by atoms with E-state index >= 15 is 0 Å². The van der Waals surface area contributed by atoms with Gasteiger partial charge in [-0.15, -0.1) is 0 Å². The first kappa shape index (κ1) is 14.3. The number of ether oxygens (including phenoxy) is 1. The third-order valence-electron chi connectivity index (χ3n) is 4.20. The van der Waals surface area contributed by atoms with E-state index in [1.165, 1.54) is 19.3 Å². The molecule has 1 N–H and O–H groups in total. The molecule has 0 spiro atoms. The highest BCUT2D eigenvalue weighted by Gasteiger charge is 2.27. The van der Waals surface area contributed by atoms with Gasteiger partial charge in [0.15, 0.2) is 0 Å². The largest absolute Gasteiger partial charge is 0.375 e. The number of piperidine rings is 1. The Kier molecular flexibility index (Phi) is 4.34. The second-order valence-corrected chi connectivity index (χ2v) is 5.82. The van der Waals surface area contributed by atoms with Gasteiger partial charge in [-0.3, -0.25) is 0 Å². The quantitative estimate of drug-likeness (QED) is 0.928. The zero-order valence-electron chi connectivity index (χ0n) is 12.4. The normalized spacial score (nSPS) is 20.1. The lowest BCUT2D eigenvalue weighted by atomic mass is 9.95. The Balaban J connectivity index is 1.44. The third-order valence-corrected chi connectivity index (χ3v) is 4.20. The first-order valence-electron chi connectivity index (χ1n) is 7.71. The fourth-order valence-electron chi connectivity index (χ4n) is 2.63. The number of carbonyl (C=O) groups is 1. The molecule has 2 heterocycles. The number of urea groups is 1. The standard InChI is InChI=1S/C15H22N4O2/c1-11-16-9-12(10-17-11)18-15(20)19-7-5-14(6-8-19)21-13-3-2-4-13/h9-10,13-14H,2-8H2,1H3,(H,18,20). The van der Waals surface area contributed by atoms with Gasteiger partial charge < -0.3 is 15.0 Å². The highest BCUT2D eigenvalue weighted by atomic mass is 16.5. The number of carbonyl (C=O) groups excluding carboxylic acids is 1. The lowest BCUT2D eigenvalue weighted by Gasteiger charge is -2.36. The minimum atomic E-state index is -0.0791. The van der Waals surface area contributed by atoms with Crippen LogP contribution >= 0.6 is 0 Å². The minimum absolute atomic E-state index is 0.0791. The zero-order chi connectivity index (χ0) is 14.7. The van der Waals surface area contributed by atoms with Gasteiger partial charge in [-0.25, -0.2) is 14.8 Å². The van der Waals surface area contributed by atoms with E-state index in [9.17, 15) is 4.79 Å². The molecule has 1 saturated carbocycles. The molecular formula is C15H22N4O2.